The zero-order valence-electron chi connectivity index (χ0n) is 8.16. The van der Waals surface area contributed by atoms with E-state index in [1.165, 1.54) is 0 Å². The van der Waals surface area contributed by atoms with E-state index in [1.807, 2.05) is 6.07 Å². The largest absolute Gasteiger partial charge is 0.383 e. The fourth-order valence-electron chi connectivity index (χ4n) is 1.76. The van der Waals surface area contributed by atoms with E-state index in [4.69, 9.17) is 17.3 Å². The molecule has 4 nitrogen and oxygen atoms in total. The summed E-state index contributed by atoms with van der Waals surface area (Å²) in [5.74, 6) is 0.543. The van der Waals surface area contributed by atoms with Gasteiger partial charge in [-0.25, -0.2) is 4.98 Å². The lowest BCUT2D eigenvalue weighted by Crippen LogP contribution is -2.20. The maximum absolute atomic E-state index is 11.4. The van der Waals surface area contributed by atoms with E-state index in [9.17, 15) is 4.79 Å². The lowest BCUT2D eigenvalue weighted by molar-refractivity contribution is -0.122. The molecule has 2 rings (SSSR count). The Morgan fingerprint density at radius 2 is 2.40 bits per heavy atom. The molecule has 0 radical (unpaired) electrons. The average Bonchev–Trinajstić information content (AvgIpc) is 2.57. The smallest absolute Gasteiger partial charge is 0.223 e. The quantitative estimate of drug-likeness (QED) is 0.738. The highest BCUT2D eigenvalue weighted by molar-refractivity contribution is 6.29. The normalized spacial score (nSPS) is 20.3. The van der Waals surface area contributed by atoms with Gasteiger partial charge in [0.15, 0.2) is 0 Å². The molecule has 2 heterocycles. The van der Waals surface area contributed by atoms with Gasteiger partial charge in [-0.1, -0.05) is 17.7 Å². The number of nitrogens with two attached hydrogens (primary N) is 1. The third-order valence-corrected chi connectivity index (χ3v) is 2.82. The fraction of sp³-hybridized carbons (Fsp3) is 0.400. The number of halogens is 1. The Morgan fingerprint density at radius 1 is 1.60 bits per heavy atom. The number of carbonyl (C=O) groups excluding carboxylic acids is 1. The van der Waals surface area contributed by atoms with E-state index in [0.29, 0.717) is 17.4 Å². The third kappa shape index (κ3) is 2.21. The zero-order chi connectivity index (χ0) is 10.8. The predicted molar refractivity (Wildman–Crippen MR) is 58.5 cm³/mol. The molecule has 1 atom stereocenters. The van der Waals surface area contributed by atoms with Crippen LogP contribution >= 0.6 is 11.6 Å². The van der Waals surface area contributed by atoms with Gasteiger partial charge in [0, 0.05) is 12.5 Å². The fourth-order valence-corrected chi connectivity index (χ4v) is 1.91. The SMILES string of the molecule is Nc1nc(Cl)ccc1CC1CCNC1=O. The third-order valence-electron chi connectivity index (χ3n) is 2.61. The van der Waals surface area contributed by atoms with E-state index >= 15 is 0 Å². The number of nitrogens with zero attached hydrogens (tertiary/aromatic N) is 1. The van der Waals surface area contributed by atoms with Gasteiger partial charge in [0.1, 0.15) is 11.0 Å². The molecule has 1 amide bonds. The topological polar surface area (TPSA) is 68.0 Å². The number of hydrogen-bond acceptors (Lipinski definition) is 3. The molecule has 1 aromatic heterocycles. The Kier molecular flexibility index (Phi) is 2.77. The Balaban J connectivity index is 2.13. The number of carbonyl (C=O) groups is 1. The Bertz CT molecular complexity index is 394. The van der Waals surface area contributed by atoms with Crippen molar-refractivity contribution in [2.24, 2.45) is 5.92 Å². The molecule has 3 N–H and O–H groups in total. The van der Waals surface area contributed by atoms with Crippen molar-refractivity contribution in [2.45, 2.75) is 12.8 Å². The van der Waals surface area contributed by atoms with Gasteiger partial charge in [0.2, 0.25) is 5.91 Å². The van der Waals surface area contributed by atoms with Crippen molar-refractivity contribution >= 4 is 23.3 Å². The number of rotatable bonds is 2. The number of anilines is 1. The van der Waals surface area contributed by atoms with Crippen molar-refractivity contribution in [1.29, 1.82) is 0 Å². The number of aromatic nitrogens is 1. The molecule has 80 valence electrons. The van der Waals surface area contributed by atoms with Crippen LogP contribution in [0.25, 0.3) is 0 Å². The predicted octanol–water partition coefficient (Wildman–Crippen LogP) is 0.996. The number of amides is 1. The van der Waals surface area contributed by atoms with Crippen LogP contribution in [0.2, 0.25) is 5.15 Å². The Morgan fingerprint density at radius 3 is 3.00 bits per heavy atom. The average molecular weight is 226 g/mol. The molecule has 5 heteroatoms. The van der Waals surface area contributed by atoms with Crippen LogP contribution in [0.15, 0.2) is 12.1 Å². The molecule has 0 aliphatic carbocycles. The van der Waals surface area contributed by atoms with E-state index in [2.05, 4.69) is 10.3 Å². The molecule has 1 unspecified atom stereocenters. The van der Waals surface area contributed by atoms with Gasteiger partial charge < -0.3 is 11.1 Å². The summed E-state index contributed by atoms with van der Waals surface area (Å²) in [6.45, 7) is 0.754. The summed E-state index contributed by atoms with van der Waals surface area (Å²) < 4.78 is 0. The van der Waals surface area contributed by atoms with Gasteiger partial charge >= 0.3 is 0 Å². The first-order chi connectivity index (χ1) is 7.16. The number of nitrogens with one attached hydrogen (secondary N) is 1. The molecular formula is C10H12ClN3O. The first-order valence-electron chi connectivity index (χ1n) is 4.85. The summed E-state index contributed by atoms with van der Waals surface area (Å²) in [5.41, 5.74) is 6.61. The van der Waals surface area contributed by atoms with Crippen LogP contribution in [-0.4, -0.2) is 17.4 Å². The Hall–Kier alpha value is -1.29. The maximum Gasteiger partial charge on any atom is 0.223 e. The van der Waals surface area contributed by atoms with Gasteiger partial charge in [-0.05, 0) is 24.5 Å². The van der Waals surface area contributed by atoms with Crippen LogP contribution in [0.5, 0.6) is 0 Å². The van der Waals surface area contributed by atoms with Crippen LogP contribution < -0.4 is 11.1 Å². The van der Waals surface area contributed by atoms with Crippen molar-refractivity contribution in [3.63, 3.8) is 0 Å². The summed E-state index contributed by atoms with van der Waals surface area (Å²) in [5, 5.41) is 3.18. The van der Waals surface area contributed by atoms with Crippen LogP contribution in [0.3, 0.4) is 0 Å². The molecule has 15 heavy (non-hydrogen) atoms. The molecule has 0 aromatic carbocycles. The second-order valence-electron chi connectivity index (χ2n) is 3.66. The highest BCUT2D eigenvalue weighted by Gasteiger charge is 2.24. The standard InChI is InChI=1S/C10H12ClN3O/c11-8-2-1-6(9(12)14-8)5-7-3-4-13-10(7)15/h1-2,7H,3-5H2,(H2,12,14)(H,13,15). The van der Waals surface area contributed by atoms with Crippen LogP contribution in [0.4, 0.5) is 5.82 Å². The summed E-state index contributed by atoms with van der Waals surface area (Å²) in [6.07, 6.45) is 1.50. The summed E-state index contributed by atoms with van der Waals surface area (Å²) in [4.78, 5) is 15.3. The van der Waals surface area contributed by atoms with Gasteiger partial charge in [0.25, 0.3) is 0 Å². The van der Waals surface area contributed by atoms with E-state index in [-0.39, 0.29) is 11.8 Å². The van der Waals surface area contributed by atoms with Crippen molar-refractivity contribution in [1.82, 2.24) is 10.3 Å². The van der Waals surface area contributed by atoms with Crippen molar-refractivity contribution in [2.75, 3.05) is 12.3 Å². The van der Waals surface area contributed by atoms with Gasteiger partial charge in [-0.3, -0.25) is 4.79 Å². The molecule has 1 aromatic rings. The number of pyridine rings is 1. The molecule has 0 bridgehead atoms. The summed E-state index contributed by atoms with van der Waals surface area (Å²) in [6, 6.07) is 3.52. The molecule has 1 aliphatic rings. The van der Waals surface area contributed by atoms with E-state index in [1.54, 1.807) is 6.07 Å². The molecule has 1 saturated heterocycles. The summed E-state index contributed by atoms with van der Waals surface area (Å²) in [7, 11) is 0. The van der Waals surface area contributed by atoms with E-state index < -0.39 is 0 Å². The molecule has 1 aliphatic heterocycles. The minimum Gasteiger partial charge on any atom is -0.383 e. The van der Waals surface area contributed by atoms with E-state index in [0.717, 1.165) is 18.5 Å². The van der Waals surface area contributed by atoms with Gasteiger partial charge in [0.05, 0.1) is 0 Å². The highest BCUT2D eigenvalue weighted by atomic mass is 35.5. The second kappa shape index (κ2) is 4.06. The van der Waals surface area contributed by atoms with Crippen LogP contribution in [0.1, 0.15) is 12.0 Å². The first-order valence-corrected chi connectivity index (χ1v) is 5.23. The number of nitrogen functional groups attached to an aromatic ring is 1. The molecule has 0 spiro atoms. The van der Waals surface area contributed by atoms with Crippen molar-refractivity contribution in [3.05, 3.63) is 22.8 Å². The molecular weight excluding hydrogens is 214 g/mol. The second-order valence-corrected chi connectivity index (χ2v) is 4.05. The van der Waals surface area contributed by atoms with Gasteiger partial charge in [-0.15, -0.1) is 0 Å². The van der Waals surface area contributed by atoms with Gasteiger partial charge in [-0.2, -0.15) is 0 Å². The lowest BCUT2D eigenvalue weighted by atomic mass is 9.99. The highest BCUT2D eigenvalue weighted by Crippen LogP contribution is 2.21. The zero-order valence-corrected chi connectivity index (χ0v) is 8.92. The maximum atomic E-state index is 11.4. The lowest BCUT2D eigenvalue weighted by Gasteiger charge is -2.08. The minimum absolute atomic E-state index is 0.0234. The minimum atomic E-state index is 0.0234. The van der Waals surface area contributed by atoms with Crippen LogP contribution in [0, 0.1) is 5.92 Å². The monoisotopic (exact) mass is 225 g/mol. The summed E-state index contributed by atoms with van der Waals surface area (Å²) >= 11 is 5.69. The van der Waals surface area contributed by atoms with Crippen LogP contribution in [-0.2, 0) is 11.2 Å². The van der Waals surface area contributed by atoms with Crippen molar-refractivity contribution < 1.29 is 4.79 Å². The molecule has 0 saturated carbocycles. The number of hydrogen-bond donors (Lipinski definition) is 2. The first kappa shape index (κ1) is 10.2. The van der Waals surface area contributed by atoms with Crippen molar-refractivity contribution in [3.8, 4) is 0 Å². The Labute approximate surface area is 92.8 Å². The molecule has 1 fully saturated rings.